The van der Waals surface area contributed by atoms with Crippen molar-refractivity contribution in [1.82, 2.24) is 10.4 Å². The third-order valence-electron chi connectivity index (χ3n) is 3.24. The van der Waals surface area contributed by atoms with Gasteiger partial charge < -0.3 is 0 Å². The number of aromatic nitrogens is 1. The predicted octanol–water partition coefficient (Wildman–Crippen LogP) is 3.98. The SMILES string of the molecule is CC(C)(C)c1csc(CC(NN)c2ccc(Cl)cc2F)n1. The van der Waals surface area contributed by atoms with Crippen LogP contribution in [-0.2, 0) is 11.8 Å². The van der Waals surface area contributed by atoms with Crippen molar-refractivity contribution in [2.75, 3.05) is 0 Å². The summed E-state index contributed by atoms with van der Waals surface area (Å²) in [6, 6.07) is 4.28. The molecule has 21 heavy (non-hydrogen) atoms. The van der Waals surface area contributed by atoms with Crippen LogP contribution in [0.3, 0.4) is 0 Å². The fraction of sp³-hybridized carbons (Fsp3) is 0.400. The number of thiazole rings is 1. The van der Waals surface area contributed by atoms with Crippen molar-refractivity contribution >= 4 is 22.9 Å². The van der Waals surface area contributed by atoms with Gasteiger partial charge in [-0.05, 0) is 12.1 Å². The number of hydrogen-bond donors (Lipinski definition) is 2. The van der Waals surface area contributed by atoms with Gasteiger partial charge in [0, 0.05) is 27.8 Å². The zero-order valence-electron chi connectivity index (χ0n) is 12.3. The van der Waals surface area contributed by atoms with Gasteiger partial charge in [0.15, 0.2) is 0 Å². The van der Waals surface area contributed by atoms with E-state index in [0.717, 1.165) is 10.7 Å². The summed E-state index contributed by atoms with van der Waals surface area (Å²) < 4.78 is 14.0. The number of nitrogens with two attached hydrogens (primary N) is 1. The lowest BCUT2D eigenvalue weighted by atomic mass is 9.93. The monoisotopic (exact) mass is 327 g/mol. The van der Waals surface area contributed by atoms with E-state index in [9.17, 15) is 4.39 Å². The van der Waals surface area contributed by atoms with E-state index < -0.39 is 0 Å². The molecule has 2 rings (SSSR count). The second-order valence-corrected chi connectivity index (χ2v) is 7.34. The quantitative estimate of drug-likeness (QED) is 0.659. The van der Waals surface area contributed by atoms with Gasteiger partial charge in [-0.3, -0.25) is 11.3 Å². The highest BCUT2D eigenvalue weighted by molar-refractivity contribution is 7.09. The summed E-state index contributed by atoms with van der Waals surface area (Å²) in [6.45, 7) is 6.34. The highest BCUT2D eigenvalue weighted by Crippen LogP contribution is 2.28. The Labute approximate surface area is 133 Å². The predicted molar refractivity (Wildman–Crippen MR) is 86.0 cm³/mol. The molecule has 0 aliphatic rings. The van der Waals surface area contributed by atoms with Crippen LogP contribution in [-0.4, -0.2) is 4.98 Å². The fourth-order valence-corrected chi connectivity index (χ4v) is 3.19. The van der Waals surface area contributed by atoms with Crippen LogP contribution < -0.4 is 11.3 Å². The van der Waals surface area contributed by atoms with Crippen molar-refractivity contribution in [2.24, 2.45) is 5.84 Å². The smallest absolute Gasteiger partial charge is 0.129 e. The average molecular weight is 328 g/mol. The largest absolute Gasteiger partial charge is 0.271 e. The molecule has 3 nitrogen and oxygen atoms in total. The summed E-state index contributed by atoms with van der Waals surface area (Å²) in [5.41, 5.74) is 4.20. The topological polar surface area (TPSA) is 50.9 Å². The van der Waals surface area contributed by atoms with Crippen molar-refractivity contribution in [1.29, 1.82) is 0 Å². The molecule has 0 aliphatic carbocycles. The molecule has 0 fully saturated rings. The van der Waals surface area contributed by atoms with E-state index in [1.54, 1.807) is 23.5 Å². The van der Waals surface area contributed by atoms with E-state index in [1.165, 1.54) is 6.07 Å². The Morgan fingerprint density at radius 3 is 2.67 bits per heavy atom. The molecule has 2 aromatic rings. The summed E-state index contributed by atoms with van der Waals surface area (Å²) in [7, 11) is 0. The molecule has 0 saturated carbocycles. The lowest BCUT2D eigenvalue weighted by Crippen LogP contribution is -2.30. The van der Waals surface area contributed by atoms with Crippen LogP contribution in [0.4, 0.5) is 4.39 Å². The second kappa shape index (κ2) is 6.40. The summed E-state index contributed by atoms with van der Waals surface area (Å²) in [5.74, 6) is 5.22. The van der Waals surface area contributed by atoms with E-state index >= 15 is 0 Å². The Bertz CT molecular complexity index is 622. The van der Waals surface area contributed by atoms with Gasteiger partial charge in [0.05, 0.1) is 16.7 Å². The van der Waals surface area contributed by atoms with Crippen LogP contribution in [0.2, 0.25) is 5.02 Å². The van der Waals surface area contributed by atoms with Crippen molar-refractivity contribution in [3.05, 3.63) is 50.7 Å². The number of halogens is 2. The Balaban J connectivity index is 2.21. The van der Waals surface area contributed by atoms with Gasteiger partial charge in [-0.15, -0.1) is 11.3 Å². The van der Waals surface area contributed by atoms with Crippen LogP contribution >= 0.6 is 22.9 Å². The molecule has 1 heterocycles. The van der Waals surface area contributed by atoms with Crippen LogP contribution in [0.5, 0.6) is 0 Å². The number of hydrogen-bond acceptors (Lipinski definition) is 4. The van der Waals surface area contributed by atoms with Crippen molar-refractivity contribution < 1.29 is 4.39 Å². The van der Waals surface area contributed by atoms with Crippen molar-refractivity contribution in [2.45, 2.75) is 38.6 Å². The highest BCUT2D eigenvalue weighted by atomic mass is 35.5. The van der Waals surface area contributed by atoms with E-state index in [0.29, 0.717) is 17.0 Å². The van der Waals surface area contributed by atoms with Crippen LogP contribution in [0.25, 0.3) is 0 Å². The van der Waals surface area contributed by atoms with Crippen LogP contribution in [0.15, 0.2) is 23.6 Å². The Morgan fingerprint density at radius 1 is 1.43 bits per heavy atom. The normalized spacial score (nSPS) is 13.4. The number of benzene rings is 1. The summed E-state index contributed by atoms with van der Waals surface area (Å²) in [6.07, 6.45) is 0.537. The molecule has 3 N–H and O–H groups in total. The van der Waals surface area contributed by atoms with Gasteiger partial charge in [-0.2, -0.15) is 0 Å². The second-order valence-electron chi connectivity index (χ2n) is 5.97. The maximum absolute atomic E-state index is 14.0. The number of nitrogens with one attached hydrogen (secondary N) is 1. The Morgan fingerprint density at radius 2 is 2.14 bits per heavy atom. The molecule has 114 valence electrons. The third kappa shape index (κ3) is 4.01. The van der Waals surface area contributed by atoms with Gasteiger partial charge >= 0.3 is 0 Å². The lowest BCUT2D eigenvalue weighted by Gasteiger charge is -2.17. The maximum atomic E-state index is 14.0. The van der Waals surface area contributed by atoms with E-state index in [-0.39, 0.29) is 17.3 Å². The Kier molecular flexibility index (Phi) is 4.99. The first kappa shape index (κ1) is 16.4. The first-order valence-electron chi connectivity index (χ1n) is 6.67. The molecular weight excluding hydrogens is 309 g/mol. The first-order valence-corrected chi connectivity index (χ1v) is 7.93. The van der Waals surface area contributed by atoms with E-state index in [4.69, 9.17) is 17.4 Å². The van der Waals surface area contributed by atoms with Crippen LogP contribution in [0, 0.1) is 5.82 Å². The minimum absolute atomic E-state index is 0.00587. The summed E-state index contributed by atoms with van der Waals surface area (Å²) >= 11 is 7.35. The molecule has 0 spiro atoms. The summed E-state index contributed by atoms with van der Waals surface area (Å²) in [4.78, 5) is 4.62. The maximum Gasteiger partial charge on any atom is 0.129 e. The minimum Gasteiger partial charge on any atom is -0.271 e. The summed E-state index contributed by atoms with van der Waals surface area (Å²) in [5, 5.41) is 3.34. The van der Waals surface area contributed by atoms with Gasteiger partial charge in [-0.25, -0.2) is 9.37 Å². The third-order valence-corrected chi connectivity index (χ3v) is 4.34. The molecule has 1 unspecified atom stereocenters. The molecule has 0 amide bonds. The first-order chi connectivity index (χ1) is 9.81. The van der Waals surface area contributed by atoms with Crippen LogP contribution in [0.1, 0.15) is 43.1 Å². The molecule has 0 aliphatic heterocycles. The Hall–Kier alpha value is -1.01. The molecule has 0 saturated heterocycles. The average Bonchev–Trinajstić information content (AvgIpc) is 2.85. The molecule has 6 heteroatoms. The standard InChI is InChI=1S/C15H19ClFN3S/c1-15(2,3)13-8-21-14(19-13)7-12(20-18)10-5-4-9(16)6-11(10)17/h4-6,8,12,20H,7,18H2,1-3H3. The molecular formula is C15H19ClFN3S. The van der Waals surface area contributed by atoms with E-state index in [2.05, 4.69) is 31.2 Å². The lowest BCUT2D eigenvalue weighted by molar-refractivity contribution is 0.507. The van der Waals surface area contributed by atoms with Gasteiger partial charge in [0.2, 0.25) is 0 Å². The fourth-order valence-electron chi connectivity index (χ4n) is 1.97. The number of nitrogens with zero attached hydrogens (tertiary/aromatic N) is 1. The van der Waals surface area contributed by atoms with Crippen molar-refractivity contribution in [3.63, 3.8) is 0 Å². The minimum atomic E-state index is -0.363. The van der Waals surface area contributed by atoms with Gasteiger partial charge in [0.25, 0.3) is 0 Å². The highest BCUT2D eigenvalue weighted by Gasteiger charge is 2.20. The molecule has 0 radical (unpaired) electrons. The van der Waals surface area contributed by atoms with Gasteiger partial charge in [0.1, 0.15) is 5.82 Å². The molecule has 1 aromatic carbocycles. The van der Waals surface area contributed by atoms with Gasteiger partial charge in [-0.1, -0.05) is 38.4 Å². The number of hydrazine groups is 1. The van der Waals surface area contributed by atoms with E-state index in [1.807, 2.05) is 5.38 Å². The number of rotatable bonds is 4. The molecule has 1 aromatic heterocycles. The molecule has 0 bridgehead atoms. The molecule has 1 atom stereocenters. The zero-order chi connectivity index (χ0) is 15.6. The zero-order valence-corrected chi connectivity index (χ0v) is 13.9. The van der Waals surface area contributed by atoms with Crippen molar-refractivity contribution in [3.8, 4) is 0 Å².